The molecular formula is C23H27FN2O3. The zero-order valence-electron chi connectivity index (χ0n) is 16.7. The van der Waals surface area contributed by atoms with Crippen LogP contribution in [0.5, 0.6) is 0 Å². The highest BCUT2D eigenvalue weighted by Gasteiger charge is 2.24. The number of nitrogens with zero attached hydrogens (tertiary/aromatic N) is 1. The Morgan fingerprint density at radius 1 is 1.17 bits per heavy atom. The van der Waals surface area contributed by atoms with Crippen LogP contribution in [0.4, 0.5) is 10.1 Å². The second kappa shape index (κ2) is 10.2. The van der Waals surface area contributed by atoms with Crippen LogP contribution >= 0.6 is 0 Å². The van der Waals surface area contributed by atoms with Crippen molar-refractivity contribution in [3.8, 4) is 0 Å². The predicted molar refractivity (Wildman–Crippen MR) is 110 cm³/mol. The van der Waals surface area contributed by atoms with Gasteiger partial charge >= 0.3 is 0 Å². The molecule has 1 atom stereocenters. The standard InChI is InChI=1S/C23H27FN2O3/c1-17-16-29-14-13-26(17)23(28)19-6-4-7-21(15-19)25-22(27)8-3-2-5-18-9-11-20(24)12-10-18/h4,6-7,9-12,15,17H,2-3,5,8,13-14,16H2,1H3,(H,25,27). The molecular weight excluding hydrogens is 371 g/mol. The maximum atomic E-state index is 12.9. The SMILES string of the molecule is CC1COCCN1C(=O)c1cccc(NC(=O)CCCCc2ccc(F)cc2)c1. The number of benzene rings is 2. The molecule has 0 bridgehead atoms. The van der Waals surface area contributed by atoms with Crippen molar-refractivity contribution in [3.63, 3.8) is 0 Å². The Morgan fingerprint density at radius 3 is 2.72 bits per heavy atom. The van der Waals surface area contributed by atoms with Crippen LogP contribution in [0.15, 0.2) is 48.5 Å². The Labute approximate surface area is 170 Å². The Kier molecular flexibility index (Phi) is 7.36. The first-order chi connectivity index (χ1) is 14.0. The van der Waals surface area contributed by atoms with E-state index in [1.165, 1.54) is 12.1 Å². The topological polar surface area (TPSA) is 58.6 Å². The third kappa shape index (κ3) is 6.12. The summed E-state index contributed by atoms with van der Waals surface area (Å²) in [6, 6.07) is 13.5. The van der Waals surface area contributed by atoms with Gasteiger partial charge in [-0.3, -0.25) is 9.59 Å². The third-order valence-corrected chi connectivity index (χ3v) is 5.05. The second-order valence-electron chi connectivity index (χ2n) is 7.39. The molecule has 1 unspecified atom stereocenters. The van der Waals surface area contributed by atoms with Crippen molar-refractivity contribution in [2.75, 3.05) is 25.1 Å². The van der Waals surface area contributed by atoms with Crippen molar-refractivity contribution < 1.29 is 18.7 Å². The van der Waals surface area contributed by atoms with Crippen LogP contribution in [0, 0.1) is 5.82 Å². The van der Waals surface area contributed by atoms with Crippen LogP contribution in [0.25, 0.3) is 0 Å². The number of aryl methyl sites for hydroxylation is 1. The van der Waals surface area contributed by atoms with Crippen LogP contribution in [-0.2, 0) is 16.0 Å². The lowest BCUT2D eigenvalue weighted by Crippen LogP contribution is -2.47. The number of ether oxygens (including phenoxy) is 1. The van der Waals surface area contributed by atoms with Gasteiger partial charge in [0.1, 0.15) is 5.82 Å². The molecule has 1 heterocycles. The molecule has 2 aromatic carbocycles. The lowest BCUT2D eigenvalue weighted by atomic mass is 10.1. The molecule has 3 rings (SSSR count). The minimum atomic E-state index is -0.239. The monoisotopic (exact) mass is 398 g/mol. The van der Waals surface area contributed by atoms with Gasteiger partial charge < -0.3 is 15.0 Å². The van der Waals surface area contributed by atoms with Gasteiger partial charge in [0.05, 0.1) is 19.3 Å². The van der Waals surface area contributed by atoms with Gasteiger partial charge in [0, 0.05) is 24.2 Å². The number of halogens is 1. The normalized spacial score (nSPS) is 16.5. The average molecular weight is 398 g/mol. The Hall–Kier alpha value is -2.73. The highest BCUT2D eigenvalue weighted by Crippen LogP contribution is 2.17. The number of unbranched alkanes of at least 4 members (excludes halogenated alkanes) is 1. The number of hydrogen-bond acceptors (Lipinski definition) is 3. The summed E-state index contributed by atoms with van der Waals surface area (Å²) in [4.78, 5) is 26.8. The van der Waals surface area contributed by atoms with E-state index in [-0.39, 0.29) is 23.7 Å². The van der Waals surface area contributed by atoms with E-state index in [9.17, 15) is 14.0 Å². The number of carbonyl (C=O) groups excluding carboxylic acids is 2. The van der Waals surface area contributed by atoms with E-state index in [0.717, 1.165) is 24.8 Å². The quantitative estimate of drug-likeness (QED) is 0.716. The molecule has 29 heavy (non-hydrogen) atoms. The maximum absolute atomic E-state index is 12.9. The fraction of sp³-hybridized carbons (Fsp3) is 0.391. The third-order valence-electron chi connectivity index (χ3n) is 5.05. The van der Waals surface area contributed by atoms with Crippen molar-refractivity contribution >= 4 is 17.5 Å². The lowest BCUT2D eigenvalue weighted by molar-refractivity contribution is -0.116. The Morgan fingerprint density at radius 2 is 1.97 bits per heavy atom. The molecule has 0 aromatic heterocycles. The summed E-state index contributed by atoms with van der Waals surface area (Å²) in [5.74, 6) is -0.360. The van der Waals surface area contributed by atoms with Crippen molar-refractivity contribution in [1.29, 1.82) is 0 Å². The average Bonchev–Trinajstić information content (AvgIpc) is 2.72. The number of hydrogen-bond donors (Lipinski definition) is 1. The maximum Gasteiger partial charge on any atom is 0.254 e. The van der Waals surface area contributed by atoms with Gasteiger partial charge in [-0.05, 0) is 62.1 Å². The Balaban J connectivity index is 1.47. The van der Waals surface area contributed by atoms with Crippen molar-refractivity contribution in [2.45, 2.75) is 38.6 Å². The van der Waals surface area contributed by atoms with Gasteiger partial charge in [-0.15, -0.1) is 0 Å². The molecule has 1 N–H and O–H groups in total. The van der Waals surface area contributed by atoms with Crippen LogP contribution in [0.3, 0.4) is 0 Å². The minimum absolute atomic E-state index is 0.0376. The van der Waals surface area contributed by atoms with E-state index in [2.05, 4.69) is 5.32 Å². The molecule has 1 aliphatic heterocycles. The summed E-state index contributed by atoms with van der Waals surface area (Å²) in [5, 5.41) is 2.87. The van der Waals surface area contributed by atoms with Crippen LogP contribution in [0.2, 0.25) is 0 Å². The first-order valence-electron chi connectivity index (χ1n) is 10.1. The van der Waals surface area contributed by atoms with Gasteiger partial charge in [0.2, 0.25) is 5.91 Å². The van der Waals surface area contributed by atoms with E-state index >= 15 is 0 Å². The molecule has 154 valence electrons. The molecule has 2 aromatic rings. The van der Waals surface area contributed by atoms with Crippen molar-refractivity contribution in [2.24, 2.45) is 0 Å². The van der Waals surface area contributed by atoms with Gasteiger partial charge in [-0.2, -0.15) is 0 Å². The summed E-state index contributed by atoms with van der Waals surface area (Å²) >= 11 is 0. The summed E-state index contributed by atoms with van der Waals surface area (Å²) in [6.45, 7) is 3.63. The summed E-state index contributed by atoms with van der Waals surface area (Å²) < 4.78 is 18.3. The fourth-order valence-electron chi connectivity index (χ4n) is 3.41. The number of anilines is 1. The second-order valence-corrected chi connectivity index (χ2v) is 7.39. The van der Waals surface area contributed by atoms with Crippen molar-refractivity contribution in [1.82, 2.24) is 4.90 Å². The van der Waals surface area contributed by atoms with Gasteiger partial charge in [0.25, 0.3) is 5.91 Å². The molecule has 6 heteroatoms. The zero-order chi connectivity index (χ0) is 20.6. The molecule has 0 aliphatic carbocycles. The van der Waals surface area contributed by atoms with Crippen LogP contribution in [0.1, 0.15) is 42.1 Å². The summed E-state index contributed by atoms with van der Waals surface area (Å²) in [6.07, 6.45) is 2.81. The van der Waals surface area contributed by atoms with E-state index in [0.29, 0.717) is 37.4 Å². The predicted octanol–water partition coefficient (Wildman–Crippen LogP) is 4.04. The first kappa shape index (κ1) is 21.0. The first-order valence-corrected chi connectivity index (χ1v) is 10.1. The van der Waals surface area contributed by atoms with Gasteiger partial charge in [-0.25, -0.2) is 4.39 Å². The van der Waals surface area contributed by atoms with Gasteiger partial charge in [0.15, 0.2) is 0 Å². The number of amides is 2. The van der Waals surface area contributed by atoms with Crippen molar-refractivity contribution in [3.05, 3.63) is 65.5 Å². The molecule has 5 nitrogen and oxygen atoms in total. The highest BCUT2D eigenvalue weighted by atomic mass is 19.1. The highest BCUT2D eigenvalue weighted by molar-refractivity contribution is 5.97. The lowest BCUT2D eigenvalue weighted by Gasteiger charge is -2.33. The van der Waals surface area contributed by atoms with E-state index < -0.39 is 0 Å². The smallest absolute Gasteiger partial charge is 0.254 e. The summed E-state index contributed by atoms with van der Waals surface area (Å²) in [5.41, 5.74) is 2.25. The molecule has 2 amide bonds. The van der Waals surface area contributed by atoms with Crippen LogP contribution < -0.4 is 5.32 Å². The molecule has 1 fully saturated rings. The fourth-order valence-corrected chi connectivity index (χ4v) is 3.41. The molecule has 0 radical (unpaired) electrons. The van der Waals surface area contributed by atoms with Crippen LogP contribution in [-0.4, -0.2) is 42.5 Å². The number of rotatable bonds is 7. The molecule has 0 saturated carbocycles. The minimum Gasteiger partial charge on any atom is -0.377 e. The number of morpholine rings is 1. The Bertz CT molecular complexity index is 838. The van der Waals surface area contributed by atoms with E-state index in [4.69, 9.17) is 4.74 Å². The largest absolute Gasteiger partial charge is 0.377 e. The molecule has 1 saturated heterocycles. The zero-order valence-corrected chi connectivity index (χ0v) is 16.7. The van der Waals surface area contributed by atoms with E-state index in [1.807, 2.05) is 6.92 Å². The van der Waals surface area contributed by atoms with E-state index in [1.54, 1.807) is 41.3 Å². The number of carbonyl (C=O) groups is 2. The number of nitrogens with one attached hydrogen (secondary N) is 1. The summed E-state index contributed by atoms with van der Waals surface area (Å²) in [7, 11) is 0. The molecule has 1 aliphatic rings. The van der Waals surface area contributed by atoms with Gasteiger partial charge in [-0.1, -0.05) is 18.2 Å². The molecule has 0 spiro atoms.